The van der Waals surface area contributed by atoms with Gasteiger partial charge in [0.2, 0.25) is 11.8 Å². The zero-order valence-corrected chi connectivity index (χ0v) is 14.9. The highest BCUT2D eigenvalue weighted by Crippen LogP contribution is 2.30. The fraction of sp³-hybridized carbons (Fsp3) is 0.556. The Morgan fingerprint density at radius 2 is 2.07 bits per heavy atom. The monoisotopic (exact) mass is 404 g/mol. The molecule has 2 aliphatic heterocycles. The van der Waals surface area contributed by atoms with Gasteiger partial charge in [-0.05, 0) is 18.6 Å². The van der Waals surface area contributed by atoms with Crippen molar-refractivity contribution in [2.45, 2.75) is 37.8 Å². The summed E-state index contributed by atoms with van der Waals surface area (Å²) in [5.41, 5.74) is -1.01. The van der Waals surface area contributed by atoms with E-state index in [4.69, 9.17) is 9.47 Å². The average Bonchev–Trinajstić information content (AvgIpc) is 2.59. The standard InChI is InChI=1S/C18H20F4N2O4/c19-15-5-12(18(20,21)22)2-1-11(15)8-28-14-6-24(7-14)17(26)4-3-13-9-27-10-16(25)23-13/h1-2,5,13-14H,3-4,6-10H2,(H,23,25). The number of hydrogen-bond acceptors (Lipinski definition) is 4. The molecule has 1 aromatic carbocycles. The van der Waals surface area contributed by atoms with Gasteiger partial charge in [0.25, 0.3) is 0 Å². The van der Waals surface area contributed by atoms with Crippen LogP contribution in [0.4, 0.5) is 17.6 Å². The van der Waals surface area contributed by atoms with E-state index in [9.17, 15) is 27.2 Å². The van der Waals surface area contributed by atoms with Crippen LogP contribution < -0.4 is 5.32 Å². The van der Waals surface area contributed by atoms with Gasteiger partial charge < -0.3 is 19.7 Å². The highest BCUT2D eigenvalue weighted by Gasteiger charge is 2.33. The number of amides is 2. The maximum Gasteiger partial charge on any atom is 0.416 e. The van der Waals surface area contributed by atoms with Crippen LogP contribution in [0.2, 0.25) is 0 Å². The second-order valence-electron chi connectivity index (χ2n) is 6.85. The van der Waals surface area contributed by atoms with Crippen molar-refractivity contribution in [2.24, 2.45) is 0 Å². The number of rotatable bonds is 6. The van der Waals surface area contributed by atoms with Crippen molar-refractivity contribution < 1.29 is 36.6 Å². The topological polar surface area (TPSA) is 67.9 Å². The lowest BCUT2D eigenvalue weighted by atomic mass is 10.1. The van der Waals surface area contributed by atoms with E-state index < -0.39 is 17.6 Å². The van der Waals surface area contributed by atoms with Crippen molar-refractivity contribution in [3.05, 3.63) is 35.1 Å². The normalized spacial score (nSPS) is 20.6. The number of carbonyl (C=O) groups is 2. The Morgan fingerprint density at radius 1 is 1.32 bits per heavy atom. The molecule has 1 atom stereocenters. The number of likely N-dealkylation sites (tertiary alicyclic amines) is 1. The largest absolute Gasteiger partial charge is 0.416 e. The van der Waals surface area contributed by atoms with Crippen LogP contribution in [0.15, 0.2) is 18.2 Å². The summed E-state index contributed by atoms with van der Waals surface area (Å²) in [6.07, 6.45) is -4.15. The highest BCUT2D eigenvalue weighted by molar-refractivity contribution is 5.79. The molecule has 10 heteroatoms. The van der Waals surface area contributed by atoms with Gasteiger partial charge in [0.05, 0.1) is 30.9 Å². The summed E-state index contributed by atoms with van der Waals surface area (Å²) >= 11 is 0. The quantitative estimate of drug-likeness (QED) is 0.736. The van der Waals surface area contributed by atoms with Crippen molar-refractivity contribution in [1.29, 1.82) is 0 Å². The predicted octanol–water partition coefficient (Wildman–Crippen LogP) is 1.87. The van der Waals surface area contributed by atoms with Crippen molar-refractivity contribution in [2.75, 3.05) is 26.3 Å². The first-order valence-corrected chi connectivity index (χ1v) is 8.84. The fourth-order valence-electron chi connectivity index (χ4n) is 3.01. The van der Waals surface area contributed by atoms with Gasteiger partial charge in [0.15, 0.2) is 0 Å². The van der Waals surface area contributed by atoms with E-state index >= 15 is 0 Å². The van der Waals surface area contributed by atoms with E-state index in [0.29, 0.717) is 32.2 Å². The lowest BCUT2D eigenvalue weighted by Crippen LogP contribution is -2.55. The first-order valence-electron chi connectivity index (χ1n) is 8.84. The van der Waals surface area contributed by atoms with Crippen LogP contribution in [-0.2, 0) is 31.8 Å². The zero-order valence-electron chi connectivity index (χ0n) is 14.9. The third-order valence-corrected chi connectivity index (χ3v) is 4.68. The molecule has 1 aromatic rings. The van der Waals surface area contributed by atoms with Gasteiger partial charge in [0.1, 0.15) is 12.4 Å². The van der Waals surface area contributed by atoms with Crippen molar-refractivity contribution in [1.82, 2.24) is 10.2 Å². The van der Waals surface area contributed by atoms with Gasteiger partial charge in [-0.1, -0.05) is 6.07 Å². The molecule has 2 heterocycles. The number of carbonyl (C=O) groups excluding carboxylic acids is 2. The second kappa shape index (κ2) is 8.44. The molecule has 6 nitrogen and oxygen atoms in total. The Hall–Kier alpha value is -2.20. The van der Waals surface area contributed by atoms with E-state index in [1.807, 2.05) is 0 Å². The molecule has 0 bridgehead atoms. The van der Waals surface area contributed by atoms with E-state index in [1.165, 1.54) is 0 Å². The molecule has 1 unspecified atom stereocenters. The predicted molar refractivity (Wildman–Crippen MR) is 88.5 cm³/mol. The highest BCUT2D eigenvalue weighted by atomic mass is 19.4. The Balaban J connectivity index is 1.37. The molecule has 0 aromatic heterocycles. The average molecular weight is 404 g/mol. The van der Waals surface area contributed by atoms with Crippen LogP contribution in [0.5, 0.6) is 0 Å². The Morgan fingerprint density at radius 3 is 2.71 bits per heavy atom. The molecule has 0 spiro atoms. The van der Waals surface area contributed by atoms with E-state index in [0.717, 1.165) is 12.1 Å². The summed E-state index contributed by atoms with van der Waals surface area (Å²) < 4.78 is 62.0. The number of ether oxygens (including phenoxy) is 2. The van der Waals surface area contributed by atoms with Crippen molar-refractivity contribution in [3.63, 3.8) is 0 Å². The molecule has 0 radical (unpaired) electrons. The third kappa shape index (κ3) is 5.20. The van der Waals surface area contributed by atoms with Crippen LogP contribution in [-0.4, -0.2) is 55.2 Å². The van der Waals surface area contributed by atoms with E-state index in [-0.39, 0.29) is 49.2 Å². The number of halogens is 4. The number of benzene rings is 1. The first-order chi connectivity index (χ1) is 13.2. The molecular weight excluding hydrogens is 384 g/mol. The van der Waals surface area contributed by atoms with Gasteiger partial charge in [-0.25, -0.2) is 4.39 Å². The van der Waals surface area contributed by atoms with Gasteiger partial charge in [-0.15, -0.1) is 0 Å². The molecule has 28 heavy (non-hydrogen) atoms. The minimum absolute atomic E-state index is 0.0332. The number of nitrogens with one attached hydrogen (secondary N) is 1. The molecule has 2 aliphatic rings. The SMILES string of the molecule is O=C1COCC(CCC(=O)N2CC(OCc3ccc(C(F)(F)F)cc3F)C2)N1. The summed E-state index contributed by atoms with van der Waals surface area (Å²) in [5.74, 6) is -1.25. The smallest absolute Gasteiger partial charge is 0.370 e. The zero-order chi connectivity index (χ0) is 20.3. The van der Waals surface area contributed by atoms with Crippen molar-refractivity contribution in [3.8, 4) is 0 Å². The summed E-state index contributed by atoms with van der Waals surface area (Å²) in [6, 6.07) is 2.14. The molecule has 3 rings (SSSR count). The Bertz CT molecular complexity index is 735. The first kappa shape index (κ1) is 20.5. The van der Waals surface area contributed by atoms with Gasteiger partial charge in [-0.3, -0.25) is 9.59 Å². The van der Waals surface area contributed by atoms with Gasteiger partial charge >= 0.3 is 6.18 Å². The maximum atomic E-state index is 13.8. The molecule has 0 saturated carbocycles. The molecule has 2 saturated heterocycles. The summed E-state index contributed by atoms with van der Waals surface area (Å²) in [5, 5.41) is 2.75. The molecule has 0 aliphatic carbocycles. The molecule has 2 fully saturated rings. The van der Waals surface area contributed by atoms with Crippen LogP contribution in [0.1, 0.15) is 24.0 Å². The molecule has 154 valence electrons. The fourth-order valence-corrected chi connectivity index (χ4v) is 3.01. The molecule has 1 N–H and O–H groups in total. The Kier molecular flexibility index (Phi) is 6.19. The van der Waals surface area contributed by atoms with Crippen LogP contribution in [0.3, 0.4) is 0 Å². The van der Waals surface area contributed by atoms with Gasteiger partial charge in [-0.2, -0.15) is 13.2 Å². The molecule has 2 amide bonds. The summed E-state index contributed by atoms with van der Waals surface area (Å²) in [4.78, 5) is 24.9. The minimum Gasteiger partial charge on any atom is -0.370 e. The number of alkyl halides is 3. The summed E-state index contributed by atoms with van der Waals surface area (Å²) in [6.45, 7) is 0.934. The third-order valence-electron chi connectivity index (χ3n) is 4.68. The summed E-state index contributed by atoms with van der Waals surface area (Å²) in [7, 11) is 0. The van der Waals surface area contributed by atoms with Crippen LogP contribution in [0.25, 0.3) is 0 Å². The second-order valence-corrected chi connectivity index (χ2v) is 6.85. The lowest BCUT2D eigenvalue weighted by molar-refractivity contribution is -0.146. The van der Waals surface area contributed by atoms with E-state index in [2.05, 4.69) is 5.32 Å². The maximum absolute atomic E-state index is 13.8. The number of nitrogens with zero attached hydrogens (tertiary/aromatic N) is 1. The van der Waals surface area contributed by atoms with Gasteiger partial charge in [0, 0.05) is 25.1 Å². The number of morpholine rings is 1. The van der Waals surface area contributed by atoms with Crippen LogP contribution in [0, 0.1) is 5.82 Å². The number of hydrogen-bond donors (Lipinski definition) is 1. The lowest BCUT2D eigenvalue weighted by Gasteiger charge is -2.39. The minimum atomic E-state index is -4.60. The van der Waals surface area contributed by atoms with Crippen LogP contribution >= 0.6 is 0 Å². The molecular formula is C18H20F4N2O4. The van der Waals surface area contributed by atoms with E-state index in [1.54, 1.807) is 4.90 Å². The van der Waals surface area contributed by atoms with Crippen molar-refractivity contribution >= 4 is 11.8 Å². The Labute approximate surface area is 158 Å².